The molecule has 0 aliphatic carbocycles. The highest BCUT2D eigenvalue weighted by Gasteiger charge is 2.16. The van der Waals surface area contributed by atoms with Gasteiger partial charge in [-0.1, -0.05) is 27.5 Å². The minimum Gasteiger partial charge on any atom is -0.399 e. The fraction of sp³-hybridized carbons (Fsp3) is 0. The van der Waals surface area contributed by atoms with Crippen LogP contribution in [0.25, 0.3) is 0 Å². The summed E-state index contributed by atoms with van der Waals surface area (Å²) in [6, 6.07) is 8.51. The number of rotatable bonds is 2. The first-order valence-electron chi connectivity index (χ1n) is 5.04. The number of hydrogen-bond acceptors (Lipinski definition) is 2. The Morgan fingerprint density at radius 1 is 1.17 bits per heavy atom. The van der Waals surface area contributed by atoms with Crippen molar-refractivity contribution < 1.29 is 9.18 Å². The first-order chi connectivity index (χ1) is 8.49. The normalized spacial score (nSPS) is 10.4. The lowest BCUT2D eigenvalue weighted by Gasteiger charge is -2.07. The first kappa shape index (κ1) is 13.1. The second-order valence-electron chi connectivity index (χ2n) is 3.69. The van der Waals surface area contributed by atoms with Crippen LogP contribution in [-0.2, 0) is 0 Å². The molecule has 0 atom stereocenters. The number of nitrogen functional groups attached to an aromatic ring is 1. The lowest BCUT2D eigenvalue weighted by Crippen LogP contribution is -2.04. The zero-order valence-electron chi connectivity index (χ0n) is 9.08. The number of ketones is 1. The number of carbonyl (C=O) groups is 1. The smallest absolute Gasteiger partial charge is 0.195 e. The molecule has 0 aliphatic rings. The molecular formula is C13H8BrClFNO. The minimum absolute atomic E-state index is 0.114. The largest absolute Gasteiger partial charge is 0.399 e. The third-order valence-electron chi connectivity index (χ3n) is 2.41. The van der Waals surface area contributed by atoms with Crippen molar-refractivity contribution in [2.24, 2.45) is 0 Å². The zero-order valence-corrected chi connectivity index (χ0v) is 11.4. The van der Waals surface area contributed by atoms with Crippen molar-refractivity contribution in [2.45, 2.75) is 0 Å². The van der Waals surface area contributed by atoms with E-state index >= 15 is 0 Å². The molecule has 0 aromatic heterocycles. The highest BCUT2D eigenvalue weighted by molar-refractivity contribution is 9.10. The van der Waals surface area contributed by atoms with Crippen molar-refractivity contribution >= 4 is 39.0 Å². The topological polar surface area (TPSA) is 43.1 Å². The van der Waals surface area contributed by atoms with Crippen LogP contribution in [0.3, 0.4) is 0 Å². The second kappa shape index (κ2) is 5.08. The molecule has 2 aromatic carbocycles. The number of nitrogens with two attached hydrogens (primary N) is 1. The molecule has 0 amide bonds. The van der Waals surface area contributed by atoms with Gasteiger partial charge in [-0.3, -0.25) is 4.79 Å². The maximum absolute atomic E-state index is 13.2. The predicted octanol–water partition coefficient (Wildman–Crippen LogP) is 4.05. The highest BCUT2D eigenvalue weighted by atomic mass is 79.9. The van der Waals surface area contributed by atoms with E-state index in [0.717, 1.165) is 6.07 Å². The molecule has 92 valence electrons. The summed E-state index contributed by atoms with van der Waals surface area (Å²) < 4.78 is 13.7. The molecule has 0 unspecified atom stereocenters. The number of hydrogen-bond donors (Lipinski definition) is 1. The van der Waals surface area contributed by atoms with Crippen molar-refractivity contribution in [1.82, 2.24) is 0 Å². The fourth-order valence-corrected chi connectivity index (χ4v) is 2.16. The molecule has 0 heterocycles. The first-order valence-corrected chi connectivity index (χ1v) is 6.21. The summed E-state index contributed by atoms with van der Waals surface area (Å²) in [5, 5.41) is 0.204. The molecule has 2 rings (SSSR count). The monoisotopic (exact) mass is 327 g/mol. The van der Waals surface area contributed by atoms with Crippen LogP contribution in [0.1, 0.15) is 15.9 Å². The predicted molar refractivity (Wildman–Crippen MR) is 73.4 cm³/mol. The van der Waals surface area contributed by atoms with Gasteiger partial charge in [0, 0.05) is 21.3 Å². The molecule has 0 radical (unpaired) electrons. The summed E-state index contributed by atoms with van der Waals surface area (Å²) in [7, 11) is 0. The third-order valence-corrected chi connectivity index (χ3v) is 3.43. The summed E-state index contributed by atoms with van der Waals surface area (Å²) in [5.74, 6) is -0.888. The molecule has 0 bridgehead atoms. The van der Waals surface area contributed by atoms with Crippen LogP contribution in [0.5, 0.6) is 0 Å². The van der Waals surface area contributed by atoms with E-state index < -0.39 is 5.82 Å². The average Bonchev–Trinajstić information content (AvgIpc) is 2.34. The SMILES string of the molecule is Nc1ccc(Br)c(C(=O)c2cc(F)ccc2Cl)c1. The van der Waals surface area contributed by atoms with Crippen LogP contribution in [0.2, 0.25) is 5.02 Å². The maximum Gasteiger partial charge on any atom is 0.195 e. The van der Waals surface area contributed by atoms with E-state index in [1.165, 1.54) is 18.2 Å². The van der Waals surface area contributed by atoms with E-state index in [1.807, 2.05) is 0 Å². The van der Waals surface area contributed by atoms with Gasteiger partial charge < -0.3 is 5.73 Å². The van der Waals surface area contributed by atoms with Crippen LogP contribution in [0.4, 0.5) is 10.1 Å². The van der Waals surface area contributed by atoms with Gasteiger partial charge >= 0.3 is 0 Å². The molecule has 5 heteroatoms. The van der Waals surface area contributed by atoms with Crippen molar-refractivity contribution in [3.05, 3.63) is 62.8 Å². The van der Waals surface area contributed by atoms with E-state index in [9.17, 15) is 9.18 Å². The Kier molecular flexibility index (Phi) is 3.68. The molecule has 18 heavy (non-hydrogen) atoms. The Bertz CT molecular complexity index is 577. The number of benzene rings is 2. The molecule has 0 spiro atoms. The Morgan fingerprint density at radius 2 is 1.89 bits per heavy atom. The second-order valence-corrected chi connectivity index (χ2v) is 4.95. The molecule has 0 aliphatic heterocycles. The van der Waals surface area contributed by atoms with Crippen molar-refractivity contribution in [3.8, 4) is 0 Å². The van der Waals surface area contributed by atoms with E-state index in [1.54, 1.807) is 12.1 Å². The molecule has 2 N–H and O–H groups in total. The van der Waals surface area contributed by atoms with Crippen molar-refractivity contribution in [2.75, 3.05) is 5.73 Å². The fourth-order valence-electron chi connectivity index (χ4n) is 1.53. The van der Waals surface area contributed by atoms with Gasteiger partial charge in [-0.15, -0.1) is 0 Å². The van der Waals surface area contributed by atoms with E-state index in [4.69, 9.17) is 17.3 Å². The van der Waals surface area contributed by atoms with E-state index in [0.29, 0.717) is 15.7 Å². The Hall–Kier alpha value is -1.39. The molecule has 0 saturated carbocycles. The molecule has 2 aromatic rings. The highest BCUT2D eigenvalue weighted by Crippen LogP contribution is 2.26. The molecule has 0 saturated heterocycles. The Balaban J connectivity index is 2.54. The number of anilines is 1. The summed E-state index contributed by atoms with van der Waals surface area (Å²) in [5.41, 5.74) is 6.55. The van der Waals surface area contributed by atoms with Crippen molar-refractivity contribution in [3.63, 3.8) is 0 Å². The van der Waals surface area contributed by atoms with Crippen LogP contribution >= 0.6 is 27.5 Å². The summed E-state index contributed by atoms with van der Waals surface area (Å²) in [6.07, 6.45) is 0. The Labute approximate surface area is 117 Å². The van der Waals surface area contributed by atoms with Crippen LogP contribution in [0.15, 0.2) is 40.9 Å². The molecule has 0 fully saturated rings. The number of halogens is 3. The minimum atomic E-state index is -0.511. The van der Waals surface area contributed by atoms with Gasteiger partial charge in [0.15, 0.2) is 5.78 Å². The van der Waals surface area contributed by atoms with Gasteiger partial charge in [0.25, 0.3) is 0 Å². The zero-order chi connectivity index (χ0) is 13.3. The standard InChI is InChI=1S/C13H8BrClFNO/c14-11-3-2-8(17)6-9(11)13(18)10-5-7(16)1-4-12(10)15/h1-6H,17H2. The van der Waals surface area contributed by atoms with Gasteiger partial charge in [0.1, 0.15) is 5.82 Å². The maximum atomic E-state index is 13.2. The van der Waals surface area contributed by atoms with Crippen molar-refractivity contribution in [1.29, 1.82) is 0 Å². The van der Waals surface area contributed by atoms with Gasteiger partial charge in [-0.05, 0) is 36.4 Å². The molecular weight excluding hydrogens is 321 g/mol. The summed E-state index contributed by atoms with van der Waals surface area (Å²) in [4.78, 5) is 12.3. The average molecular weight is 329 g/mol. The van der Waals surface area contributed by atoms with Crippen LogP contribution < -0.4 is 5.73 Å². The van der Waals surface area contributed by atoms with Gasteiger partial charge in [-0.25, -0.2) is 4.39 Å². The number of carbonyl (C=O) groups excluding carboxylic acids is 1. The summed E-state index contributed by atoms with van der Waals surface area (Å²) in [6.45, 7) is 0. The third kappa shape index (κ3) is 2.54. The Morgan fingerprint density at radius 3 is 2.61 bits per heavy atom. The molecule has 2 nitrogen and oxygen atoms in total. The summed E-state index contributed by atoms with van der Waals surface area (Å²) >= 11 is 9.16. The van der Waals surface area contributed by atoms with Gasteiger partial charge in [0.2, 0.25) is 0 Å². The van der Waals surface area contributed by atoms with Gasteiger partial charge in [0.05, 0.1) is 5.02 Å². The lowest BCUT2D eigenvalue weighted by atomic mass is 10.0. The van der Waals surface area contributed by atoms with E-state index in [2.05, 4.69) is 15.9 Å². The quantitative estimate of drug-likeness (QED) is 0.667. The van der Waals surface area contributed by atoms with Gasteiger partial charge in [-0.2, -0.15) is 0 Å². The van der Waals surface area contributed by atoms with E-state index in [-0.39, 0.29) is 16.4 Å². The van der Waals surface area contributed by atoms with Crippen LogP contribution in [0, 0.1) is 5.82 Å². The lowest BCUT2D eigenvalue weighted by molar-refractivity contribution is 0.103. The van der Waals surface area contributed by atoms with Crippen LogP contribution in [-0.4, -0.2) is 5.78 Å².